The minimum Gasteiger partial charge on any atom is -0.354 e. The van der Waals surface area contributed by atoms with E-state index in [2.05, 4.69) is 20.5 Å². The molecule has 1 aliphatic heterocycles. The number of amides is 2. The third-order valence-corrected chi connectivity index (χ3v) is 5.40. The van der Waals surface area contributed by atoms with Gasteiger partial charge in [-0.25, -0.2) is 0 Å². The SMILES string of the molecule is CSCC(=O)NC[C@@H]1CC[C@H](CC(=O)NCc2cc(C)nc(C)c2)N1C. The number of nitrogens with zero attached hydrogens (tertiary/aromatic N) is 2. The Labute approximate surface area is 160 Å². The maximum atomic E-state index is 12.3. The molecule has 2 rings (SSSR count). The maximum Gasteiger partial charge on any atom is 0.230 e. The Hall–Kier alpha value is -1.60. The predicted molar refractivity (Wildman–Crippen MR) is 106 cm³/mol. The quantitative estimate of drug-likeness (QED) is 0.719. The zero-order chi connectivity index (χ0) is 19.1. The van der Waals surface area contributed by atoms with E-state index in [1.165, 1.54) is 11.8 Å². The number of nitrogens with one attached hydrogen (secondary N) is 2. The van der Waals surface area contributed by atoms with E-state index in [-0.39, 0.29) is 17.9 Å². The van der Waals surface area contributed by atoms with Crippen LogP contribution in [0.5, 0.6) is 0 Å². The van der Waals surface area contributed by atoms with Gasteiger partial charge in [0, 0.05) is 43.0 Å². The van der Waals surface area contributed by atoms with Gasteiger partial charge in [0.15, 0.2) is 0 Å². The summed E-state index contributed by atoms with van der Waals surface area (Å²) in [6.07, 6.45) is 4.41. The van der Waals surface area contributed by atoms with Crippen LogP contribution in [-0.4, -0.2) is 59.4 Å². The van der Waals surface area contributed by atoms with Gasteiger partial charge >= 0.3 is 0 Å². The van der Waals surface area contributed by atoms with Crippen LogP contribution in [0.4, 0.5) is 0 Å². The predicted octanol–water partition coefficient (Wildman–Crippen LogP) is 1.65. The number of rotatable bonds is 8. The molecule has 26 heavy (non-hydrogen) atoms. The summed E-state index contributed by atoms with van der Waals surface area (Å²) in [6.45, 7) is 5.12. The Kier molecular flexibility index (Phi) is 7.90. The average molecular weight is 379 g/mol. The fourth-order valence-electron chi connectivity index (χ4n) is 3.51. The lowest BCUT2D eigenvalue weighted by atomic mass is 10.1. The standard InChI is InChI=1S/C19H30N4O2S/c1-13-7-15(8-14(2)22-13)10-20-18(24)9-16-5-6-17(23(16)3)11-21-19(25)12-26-4/h7-8,16-17H,5-6,9-12H2,1-4H3,(H,20,24)(H,21,25)/t16-,17+/m1/s1. The van der Waals surface area contributed by atoms with Crippen LogP contribution in [0.2, 0.25) is 0 Å². The number of likely N-dealkylation sites (tertiary alicyclic amines) is 1. The highest BCUT2D eigenvalue weighted by Gasteiger charge is 2.31. The van der Waals surface area contributed by atoms with Crippen molar-refractivity contribution in [2.45, 2.75) is 51.7 Å². The highest BCUT2D eigenvalue weighted by atomic mass is 32.2. The maximum absolute atomic E-state index is 12.3. The Bertz CT molecular complexity index is 618. The van der Waals surface area contributed by atoms with E-state index in [1.807, 2.05) is 39.3 Å². The molecular formula is C19H30N4O2S. The first-order valence-electron chi connectivity index (χ1n) is 9.07. The molecule has 0 aromatic carbocycles. The molecule has 0 radical (unpaired) electrons. The molecule has 1 fully saturated rings. The van der Waals surface area contributed by atoms with Crippen LogP contribution in [0.25, 0.3) is 0 Å². The van der Waals surface area contributed by atoms with Gasteiger partial charge in [-0.3, -0.25) is 19.5 Å². The van der Waals surface area contributed by atoms with Gasteiger partial charge in [0.1, 0.15) is 0 Å². The van der Waals surface area contributed by atoms with Crippen LogP contribution < -0.4 is 10.6 Å². The van der Waals surface area contributed by atoms with Crippen LogP contribution >= 0.6 is 11.8 Å². The summed E-state index contributed by atoms with van der Waals surface area (Å²) in [4.78, 5) is 30.5. The number of thioether (sulfide) groups is 1. The molecule has 0 bridgehead atoms. The fraction of sp³-hybridized carbons (Fsp3) is 0.632. The molecule has 1 aliphatic rings. The minimum absolute atomic E-state index is 0.0704. The lowest BCUT2D eigenvalue weighted by Crippen LogP contribution is -2.42. The first kappa shape index (κ1) is 20.7. The van der Waals surface area contributed by atoms with Crippen LogP contribution in [0.3, 0.4) is 0 Å². The summed E-state index contributed by atoms with van der Waals surface area (Å²) in [5, 5.41) is 6.00. The van der Waals surface area contributed by atoms with Gasteiger partial charge in [-0.1, -0.05) is 0 Å². The number of hydrogen-bond acceptors (Lipinski definition) is 5. The molecule has 1 aromatic rings. The van der Waals surface area contributed by atoms with Crippen LogP contribution in [0.1, 0.15) is 36.2 Å². The second kappa shape index (κ2) is 9.92. The molecule has 6 nitrogen and oxygen atoms in total. The van der Waals surface area contributed by atoms with Crippen molar-refractivity contribution in [1.29, 1.82) is 0 Å². The molecule has 2 heterocycles. The minimum atomic E-state index is 0.0704. The largest absolute Gasteiger partial charge is 0.354 e. The molecule has 0 spiro atoms. The number of likely N-dealkylation sites (N-methyl/N-ethyl adjacent to an activating group) is 1. The molecule has 2 N–H and O–H groups in total. The smallest absolute Gasteiger partial charge is 0.230 e. The summed E-state index contributed by atoms with van der Waals surface area (Å²) in [6, 6.07) is 4.55. The molecule has 144 valence electrons. The van der Waals surface area contributed by atoms with Gasteiger partial charge in [-0.2, -0.15) is 11.8 Å². The topological polar surface area (TPSA) is 74.3 Å². The summed E-state index contributed by atoms with van der Waals surface area (Å²) >= 11 is 1.52. The van der Waals surface area contributed by atoms with E-state index >= 15 is 0 Å². The molecule has 0 saturated carbocycles. The van der Waals surface area contributed by atoms with Crippen LogP contribution in [0.15, 0.2) is 12.1 Å². The fourth-order valence-corrected chi connectivity index (χ4v) is 3.87. The number of aryl methyl sites for hydroxylation is 2. The molecule has 0 aliphatic carbocycles. The van der Waals surface area contributed by atoms with E-state index in [1.54, 1.807) is 0 Å². The molecule has 2 atom stereocenters. The van der Waals surface area contributed by atoms with Gasteiger partial charge < -0.3 is 10.6 Å². The van der Waals surface area contributed by atoms with Gasteiger partial charge in [0.2, 0.25) is 11.8 Å². The monoisotopic (exact) mass is 378 g/mol. The van der Waals surface area contributed by atoms with Crippen molar-refractivity contribution in [2.24, 2.45) is 0 Å². The molecule has 1 saturated heterocycles. The van der Waals surface area contributed by atoms with Gasteiger partial charge in [-0.05, 0) is 57.7 Å². The first-order valence-corrected chi connectivity index (χ1v) is 10.5. The van der Waals surface area contributed by atoms with E-state index in [0.29, 0.717) is 31.3 Å². The van der Waals surface area contributed by atoms with Gasteiger partial charge in [0.05, 0.1) is 5.75 Å². The van der Waals surface area contributed by atoms with Crippen LogP contribution in [-0.2, 0) is 16.1 Å². The Morgan fingerprint density at radius 2 is 1.81 bits per heavy atom. The number of pyridine rings is 1. The summed E-state index contributed by atoms with van der Waals surface area (Å²) in [7, 11) is 2.05. The average Bonchev–Trinajstić information content (AvgIpc) is 2.91. The molecule has 0 unspecified atom stereocenters. The van der Waals surface area contributed by atoms with E-state index in [0.717, 1.165) is 29.8 Å². The lowest BCUT2D eigenvalue weighted by molar-refractivity contribution is -0.122. The third kappa shape index (κ3) is 6.29. The number of aromatic nitrogens is 1. The highest BCUT2D eigenvalue weighted by molar-refractivity contribution is 7.99. The van der Waals surface area contributed by atoms with Crippen molar-refractivity contribution in [2.75, 3.05) is 25.6 Å². The van der Waals surface area contributed by atoms with Crippen LogP contribution in [0, 0.1) is 13.8 Å². The molecule has 7 heteroatoms. The lowest BCUT2D eigenvalue weighted by Gasteiger charge is -2.25. The second-order valence-electron chi connectivity index (χ2n) is 7.03. The molecule has 2 amide bonds. The number of hydrogen-bond donors (Lipinski definition) is 2. The molecular weight excluding hydrogens is 348 g/mol. The zero-order valence-electron chi connectivity index (χ0n) is 16.2. The van der Waals surface area contributed by atoms with E-state index in [9.17, 15) is 9.59 Å². The third-order valence-electron chi connectivity index (χ3n) is 4.85. The van der Waals surface area contributed by atoms with E-state index in [4.69, 9.17) is 0 Å². The normalized spacial score (nSPS) is 20.2. The Balaban J connectivity index is 1.75. The van der Waals surface area contributed by atoms with E-state index < -0.39 is 0 Å². The summed E-state index contributed by atoms with van der Waals surface area (Å²) < 4.78 is 0. The number of carbonyl (C=O) groups excluding carboxylic acids is 2. The second-order valence-corrected chi connectivity index (χ2v) is 7.89. The van der Waals surface area contributed by atoms with Crippen molar-refractivity contribution in [3.63, 3.8) is 0 Å². The van der Waals surface area contributed by atoms with Crippen molar-refractivity contribution in [3.8, 4) is 0 Å². The van der Waals surface area contributed by atoms with Gasteiger partial charge in [0.25, 0.3) is 0 Å². The van der Waals surface area contributed by atoms with Crippen molar-refractivity contribution in [1.82, 2.24) is 20.5 Å². The molecule has 1 aromatic heterocycles. The first-order chi connectivity index (χ1) is 12.4. The summed E-state index contributed by atoms with van der Waals surface area (Å²) in [5.74, 6) is 0.645. The van der Waals surface area contributed by atoms with Crippen molar-refractivity contribution >= 4 is 23.6 Å². The van der Waals surface area contributed by atoms with Crippen molar-refractivity contribution in [3.05, 3.63) is 29.1 Å². The Morgan fingerprint density at radius 3 is 2.46 bits per heavy atom. The number of carbonyl (C=O) groups is 2. The Morgan fingerprint density at radius 1 is 1.15 bits per heavy atom. The summed E-state index contributed by atoms with van der Waals surface area (Å²) in [5.41, 5.74) is 3.02. The van der Waals surface area contributed by atoms with Gasteiger partial charge in [-0.15, -0.1) is 0 Å². The zero-order valence-corrected chi connectivity index (χ0v) is 17.0. The highest BCUT2D eigenvalue weighted by Crippen LogP contribution is 2.24. The van der Waals surface area contributed by atoms with Crippen molar-refractivity contribution < 1.29 is 9.59 Å².